The summed E-state index contributed by atoms with van der Waals surface area (Å²) in [5.74, 6) is 0. The van der Waals surface area contributed by atoms with Crippen molar-refractivity contribution in [2.75, 3.05) is 0 Å². The molecule has 0 amide bonds. The number of hydrogen-bond donors (Lipinski definition) is 0. The fourth-order valence-electron chi connectivity index (χ4n) is 2.02. The van der Waals surface area contributed by atoms with Crippen LogP contribution >= 0.6 is 0 Å². The Bertz CT molecular complexity index is 466. The maximum Gasteiger partial charge on any atom is 0.184 e. The number of hydrogen-bond acceptors (Lipinski definition) is 2. The Hall–Kier alpha value is -1.64. The molecule has 0 saturated heterocycles. The van der Waals surface area contributed by atoms with Crippen LogP contribution in [0.2, 0.25) is 0 Å². The van der Waals surface area contributed by atoms with Gasteiger partial charge in [0, 0.05) is 5.56 Å². The SMILES string of the molecule is c1ccc(C2OCc3ccccc3CO2)cc1. The molecule has 0 aliphatic carbocycles. The first-order valence-corrected chi connectivity index (χ1v) is 5.78. The quantitative estimate of drug-likeness (QED) is 0.741. The molecule has 1 heterocycles. The van der Waals surface area contributed by atoms with E-state index in [2.05, 4.69) is 12.1 Å². The van der Waals surface area contributed by atoms with Gasteiger partial charge in [0.1, 0.15) is 0 Å². The van der Waals surface area contributed by atoms with E-state index < -0.39 is 0 Å². The summed E-state index contributed by atoms with van der Waals surface area (Å²) in [6.45, 7) is 1.21. The van der Waals surface area contributed by atoms with Crippen LogP contribution in [0.25, 0.3) is 0 Å². The van der Waals surface area contributed by atoms with Gasteiger partial charge in [-0.15, -0.1) is 0 Å². The molecule has 0 atom stereocenters. The highest BCUT2D eigenvalue weighted by atomic mass is 16.7. The van der Waals surface area contributed by atoms with Crippen LogP contribution in [0.15, 0.2) is 54.6 Å². The van der Waals surface area contributed by atoms with Crippen LogP contribution in [0.1, 0.15) is 23.0 Å². The molecule has 0 fully saturated rings. The lowest BCUT2D eigenvalue weighted by Gasteiger charge is -2.15. The van der Waals surface area contributed by atoms with Gasteiger partial charge in [-0.25, -0.2) is 0 Å². The third kappa shape index (κ3) is 2.23. The summed E-state index contributed by atoms with van der Waals surface area (Å²) in [7, 11) is 0. The zero-order valence-electron chi connectivity index (χ0n) is 9.50. The first-order valence-electron chi connectivity index (χ1n) is 5.78. The lowest BCUT2D eigenvalue weighted by molar-refractivity contribution is -0.153. The van der Waals surface area contributed by atoms with Crippen LogP contribution in [-0.2, 0) is 22.7 Å². The van der Waals surface area contributed by atoms with Crippen LogP contribution in [-0.4, -0.2) is 0 Å². The third-order valence-corrected chi connectivity index (χ3v) is 2.97. The van der Waals surface area contributed by atoms with Crippen molar-refractivity contribution in [3.8, 4) is 0 Å². The van der Waals surface area contributed by atoms with E-state index in [-0.39, 0.29) is 6.29 Å². The predicted molar refractivity (Wildman–Crippen MR) is 65.2 cm³/mol. The zero-order chi connectivity index (χ0) is 11.5. The largest absolute Gasteiger partial charge is 0.344 e. The van der Waals surface area contributed by atoms with Gasteiger partial charge in [-0.1, -0.05) is 54.6 Å². The predicted octanol–water partition coefficient (Wildman–Crippen LogP) is 3.43. The minimum Gasteiger partial charge on any atom is -0.344 e. The molecule has 2 aromatic rings. The fourth-order valence-corrected chi connectivity index (χ4v) is 2.02. The fraction of sp³-hybridized carbons (Fsp3) is 0.200. The summed E-state index contributed by atoms with van der Waals surface area (Å²) >= 11 is 0. The second kappa shape index (κ2) is 4.70. The first-order chi connectivity index (χ1) is 8.43. The van der Waals surface area contributed by atoms with Gasteiger partial charge < -0.3 is 9.47 Å². The van der Waals surface area contributed by atoms with Crippen LogP contribution in [0.5, 0.6) is 0 Å². The van der Waals surface area contributed by atoms with Gasteiger partial charge in [0.25, 0.3) is 0 Å². The van der Waals surface area contributed by atoms with Gasteiger partial charge in [-0.2, -0.15) is 0 Å². The second-order valence-corrected chi connectivity index (χ2v) is 4.13. The molecule has 1 aliphatic heterocycles. The first kappa shape index (κ1) is 10.5. The lowest BCUT2D eigenvalue weighted by atomic mass is 10.1. The maximum absolute atomic E-state index is 5.79. The standard InChI is InChI=1S/C15H14O2/c1-2-6-12(7-3-1)15-16-10-13-8-4-5-9-14(13)11-17-15/h1-9,15H,10-11H2. The molecular weight excluding hydrogens is 212 g/mol. The number of ether oxygens (including phenoxy) is 2. The number of benzene rings is 2. The maximum atomic E-state index is 5.79. The molecule has 0 spiro atoms. The summed E-state index contributed by atoms with van der Waals surface area (Å²) in [4.78, 5) is 0. The van der Waals surface area contributed by atoms with Gasteiger partial charge in [0.2, 0.25) is 0 Å². The molecule has 2 nitrogen and oxygen atoms in total. The molecule has 0 radical (unpaired) electrons. The number of rotatable bonds is 1. The van der Waals surface area contributed by atoms with Crippen molar-refractivity contribution >= 4 is 0 Å². The van der Waals surface area contributed by atoms with Crippen molar-refractivity contribution in [3.63, 3.8) is 0 Å². The van der Waals surface area contributed by atoms with Crippen molar-refractivity contribution in [3.05, 3.63) is 71.3 Å². The van der Waals surface area contributed by atoms with Crippen molar-refractivity contribution < 1.29 is 9.47 Å². The Labute approximate surface area is 101 Å². The summed E-state index contributed by atoms with van der Waals surface area (Å²) in [6.07, 6.45) is -0.261. The van der Waals surface area contributed by atoms with E-state index in [0.717, 1.165) is 5.56 Å². The molecular formula is C15H14O2. The minimum absolute atomic E-state index is 0.261. The molecule has 0 aromatic heterocycles. The molecule has 0 saturated carbocycles. The lowest BCUT2D eigenvalue weighted by Crippen LogP contribution is -2.05. The van der Waals surface area contributed by atoms with Crippen LogP contribution < -0.4 is 0 Å². The molecule has 1 aliphatic rings. The van der Waals surface area contributed by atoms with E-state index >= 15 is 0 Å². The molecule has 17 heavy (non-hydrogen) atoms. The summed E-state index contributed by atoms with van der Waals surface area (Å²) in [5.41, 5.74) is 3.50. The number of fused-ring (bicyclic) bond motifs is 1. The highest BCUT2D eigenvalue weighted by molar-refractivity contribution is 5.27. The van der Waals surface area contributed by atoms with Gasteiger partial charge in [0.15, 0.2) is 6.29 Å². The van der Waals surface area contributed by atoms with Crippen LogP contribution in [0, 0.1) is 0 Å². The summed E-state index contributed by atoms with van der Waals surface area (Å²) < 4.78 is 11.6. The highest BCUT2D eigenvalue weighted by Gasteiger charge is 2.17. The van der Waals surface area contributed by atoms with Crippen molar-refractivity contribution in [1.82, 2.24) is 0 Å². The normalized spacial score (nSPS) is 16.2. The third-order valence-electron chi connectivity index (χ3n) is 2.97. The van der Waals surface area contributed by atoms with E-state index in [1.54, 1.807) is 0 Å². The Kier molecular flexibility index (Phi) is 2.90. The van der Waals surface area contributed by atoms with E-state index in [4.69, 9.17) is 9.47 Å². The van der Waals surface area contributed by atoms with Crippen LogP contribution in [0.4, 0.5) is 0 Å². The average Bonchev–Trinajstić information content (AvgIpc) is 2.62. The molecule has 0 bridgehead atoms. The Morgan fingerprint density at radius 3 is 1.82 bits per heavy atom. The van der Waals surface area contributed by atoms with E-state index in [9.17, 15) is 0 Å². The second-order valence-electron chi connectivity index (χ2n) is 4.13. The van der Waals surface area contributed by atoms with E-state index in [1.807, 2.05) is 42.5 Å². The van der Waals surface area contributed by atoms with Crippen LogP contribution in [0.3, 0.4) is 0 Å². The minimum atomic E-state index is -0.261. The van der Waals surface area contributed by atoms with E-state index in [0.29, 0.717) is 13.2 Å². The molecule has 2 heteroatoms. The topological polar surface area (TPSA) is 18.5 Å². The zero-order valence-corrected chi connectivity index (χ0v) is 9.50. The van der Waals surface area contributed by atoms with Crippen molar-refractivity contribution in [2.45, 2.75) is 19.5 Å². The van der Waals surface area contributed by atoms with Crippen molar-refractivity contribution in [2.24, 2.45) is 0 Å². The van der Waals surface area contributed by atoms with Crippen molar-refractivity contribution in [1.29, 1.82) is 0 Å². The Balaban J connectivity index is 1.82. The highest BCUT2D eigenvalue weighted by Crippen LogP contribution is 2.26. The summed E-state index contributed by atoms with van der Waals surface area (Å²) in [5, 5.41) is 0. The van der Waals surface area contributed by atoms with E-state index in [1.165, 1.54) is 11.1 Å². The molecule has 0 N–H and O–H groups in total. The monoisotopic (exact) mass is 226 g/mol. The van der Waals surface area contributed by atoms with Gasteiger partial charge in [0.05, 0.1) is 13.2 Å². The summed E-state index contributed by atoms with van der Waals surface area (Å²) in [6, 6.07) is 18.3. The molecule has 2 aromatic carbocycles. The molecule has 86 valence electrons. The molecule has 0 unspecified atom stereocenters. The Morgan fingerprint density at radius 1 is 0.706 bits per heavy atom. The van der Waals surface area contributed by atoms with Gasteiger partial charge in [-0.05, 0) is 11.1 Å². The average molecular weight is 226 g/mol. The van der Waals surface area contributed by atoms with Gasteiger partial charge in [-0.3, -0.25) is 0 Å². The molecule has 3 rings (SSSR count). The van der Waals surface area contributed by atoms with Gasteiger partial charge >= 0.3 is 0 Å². The Morgan fingerprint density at radius 2 is 1.24 bits per heavy atom. The smallest absolute Gasteiger partial charge is 0.184 e.